The van der Waals surface area contributed by atoms with Crippen LogP contribution in [0.5, 0.6) is 0 Å². The SMILES string of the molecule is Cc1noc(C)c1C(=O)NCC1CCCC1C(=O)O. The number of aromatic nitrogens is 1. The number of rotatable bonds is 4. The molecule has 0 spiro atoms. The Hall–Kier alpha value is -1.85. The standard InChI is InChI=1S/C13H18N2O4/c1-7-11(8(2)19-15-7)12(16)14-6-9-4-3-5-10(9)13(17)18/h9-10H,3-6H2,1-2H3,(H,14,16)(H,17,18). The van der Waals surface area contributed by atoms with Gasteiger partial charge in [0.25, 0.3) is 5.91 Å². The number of carboxylic acids is 1. The van der Waals surface area contributed by atoms with Crippen LogP contribution in [0.15, 0.2) is 4.52 Å². The molecule has 0 saturated heterocycles. The van der Waals surface area contributed by atoms with E-state index in [4.69, 9.17) is 9.63 Å². The molecule has 6 heteroatoms. The second kappa shape index (κ2) is 5.42. The van der Waals surface area contributed by atoms with Crippen LogP contribution in [0.4, 0.5) is 0 Å². The minimum Gasteiger partial charge on any atom is -0.481 e. The number of aryl methyl sites for hydroxylation is 2. The lowest BCUT2D eigenvalue weighted by molar-refractivity contribution is -0.142. The molecule has 19 heavy (non-hydrogen) atoms. The lowest BCUT2D eigenvalue weighted by Crippen LogP contribution is -2.33. The molecule has 0 radical (unpaired) electrons. The van der Waals surface area contributed by atoms with Gasteiger partial charge in [0.05, 0.1) is 11.6 Å². The first-order valence-electron chi connectivity index (χ1n) is 6.44. The van der Waals surface area contributed by atoms with Gasteiger partial charge in [-0.1, -0.05) is 11.6 Å². The zero-order valence-electron chi connectivity index (χ0n) is 11.1. The Morgan fingerprint density at radius 3 is 2.74 bits per heavy atom. The summed E-state index contributed by atoms with van der Waals surface area (Å²) in [6.07, 6.45) is 2.45. The van der Waals surface area contributed by atoms with Gasteiger partial charge in [-0.3, -0.25) is 9.59 Å². The first kappa shape index (κ1) is 13.6. The number of hydrogen-bond donors (Lipinski definition) is 2. The van der Waals surface area contributed by atoms with Crippen LogP contribution in [0.25, 0.3) is 0 Å². The van der Waals surface area contributed by atoms with Gasteiger partial charge in [0, 0.05) is 6.54 Å². The first-order chi connectivity index (χ1) is 9.00. The molecule has 2 unspecified atom stereocenters. The average Bonchev–Trinajstić information content (AvgIpc) is 2.93. The van der Waals surface area contributed by atoms with Crippen molar-refractivity contribution in [3.63, 3.8) is 0 Å². The van der Waals surface area contributed by atoms with Gasteiger partial charge in [0.15, 0.2) is 0 Å². The number of carboxylic acid groups (broad SMARTS) is 1. The van der Waals surface area contributed by atoms with E-state index in [0.717, 1.165) is 12.8 Å². The molecule has 1 amide bonds. The molecular formula is C13H18N2O4. The Bertz CT molecular complexity index is 475. The second-order valence-electron chi connectivity index (χ2n) is 5.04. The summed E-state index contributed by atoms with van der Waals surface area (Å²) in [5.41, 5.74) is 1.00. The third-order valence-electron chi connectivity index (χ3n) is 3.76. The lowest BCUT2D eigenvalue weighted by atomic mass is 9.96. The number of aliphatic carboxylic acids is 1. The van der Waals surface area contributed by atoms with Gasteiger partial charge < -0.3 is 14.9 Å². The normalized spacial score (nSPS) is 22.4. The van der Waals surface area contributed by atoms with Crippen LogP contribution in [0.3, 0.4) is 0 Å². The summed E-state index contributed by atoms with van der Waals surface area (Å²) in [6, 6.07) is 0. The van der Waals surface area contributed by atoms with E-state index in [2.05, 4.69) is 10.5 Å². The van der Waals surface area contributed by atoms with Crippen LogP contribution in [-0.2, 0) is 4.79 Å². The maximum atomic E-state index is 12.0. The van der Waals surface area contributed by atoms with Crippen LogP contribution >= 0.6 is 0 Å². The molecule has 6 nitrogen and oxygen atoms in total. The number of carbonyl (C=O) groups excluding carboxylic acids is 1. The van der Waals surface area contributed by atoms with Gasteiger partial charge in [-0.15, -0.1) is 0 Å². The van der Waals surface area contributed by atoms with Crippen LogP contribution in [0, 0.1) is 25.7 Å². The van der Waals surface area contributed by atoms with Crippen molar-refractivity contribution in [1.29, 1.82) is 0 Å². The van der Waals surface area contributed by atoms with Crippen LogP contribution in [0.2, 0.25) is 0 Å². The molecule has 104 valence electrons. The summed E-state index contributed by atoms with van der Waals surface area (Å²) in [6.45, 7) is 3.78. The fourth-order valence-corrected chi connectivity index (χ4v) is 2.73. The molecule has 1 saturated carbocycles. The lowest BCUT2D eigenvalue weighted by Gasteiger charge is -2.16. The van der Waals surface area contributed by atoms with Crippen LogP contribution < -0.4 is 5.32 Å². The zero-order chi connectivity index (χ0) is 14.0. The Balaban J connectivity index is 1.96. The van der Waals surface area contributed by atoms with Crippen molar-refractivity contribution in [2.24, 2.45) is 11.8 Å². The molecule has 1 aromatic rings. The fourth-order valence-electron chi connectivity index (χ4n) is 2.73. The van der Waals surface area contributed by atoms with Crippen molar-refractivity contribution in [1.82, 2.24) is 10.5 Å². The van der Waals surface area contributed by atoms with Gasteiger partial charge >= 0.3 is 5.97 Å². The Morgan fingerprint density at radius 2 is 2.16 bits per heavy atom. The first-order valence-corrected chi connectivity index (χ1v) is 6.44. The maximum Gasteiger partial charge on any atom is 0.306 e. The van der Waals surface area contributed by atoms with Crippen molar-refractivity contribution in [2.45, 2.75) is 33.1 Å². The van der Waals surface area contributed by atoms with Crippen molar-refractivity contribution in [3.05, 3.63) is 17.0 Å². The predicted octanol–water partition coefficient (Wildman–Crippen LogP) is 1.52. The Kier molecular flexibility index (Phi) is 3.87. The van der Waals surface area contributed by atoms with Crippen molar-refractivity contribution in [2.75, 3.05) is 6.54 Å². The molecular weight excluding hydrogens is 248 g/mol. The monoisotopic (exact) mass is 266 g/mol. The van der Waals surface area contributed by atoms with Gasteiger partial charge in [0.2, 0.25) is 0 Å². The molecule has 1 aliphatic carbocycles. The van der Waals surface area contributed by atoms with Gasteiger partial charge in [0.1, 0.15) is 11.3 Å². The van der Waals surface area contributed by atoms with E-state index in [1.165, 1.54) is 0 Å². The second-order valence-corrected chi connectivity index (χ2v) is 5.04. The van der Waals surface area contributed by atoms with Crippen LogP contribution in [0.1, 0.15) is 41.1 Å². The van der Waals surface area contributed by atoms with Crippen molar-refractivity contribution in [3.8, 4) is 0 Å². The summed E-state index contributed by atoms with van der Waals surface area (Å²) in [5, 5.41) is 15.6. The van der Waals surface area contributed by atoms with E-state index in [0.29, 0.717) is 30.0 Å². The molecule has 2 N–H and O–H groups in total. The summed E-state index contributed by atoms with van der Waals surface area (Å²) in [7, 11) is 0. The average molecular weight is 266 g/mol. The summed E-state index contributed by atoms with van der Waals surface area (Å²) in [4.78, 5) is 23.1. The number of carbonyl (C=O) groups is 2. The smallest absolute Gasteiger partial charge is 0.306 e. The summed E-state index contributed by atoms with van der Waals surface area (Å²) < 4.78 is 4.94. The minimum absolute atomic E-state index is 0.0157. The highest BCUT2D eigenvalue weighted by Gasteiger charge is 2.33. The highest BCUT2D eigenvalue weighted by atomic mass is 16.5. The summed E-state index contributed by atoms with van der Waals surface area (Å²) in [5.74, 6) is -0.857. The van der Waals surface area contributed by atoms with Gasteiger partial charge in [-0.05, 0) is 32.6 Å². The van der Waals surface area contributed by atoms with Crippen molar-refractivity contribution < 1.29 is 19.2 Å². The molecule has 2 rings (SSSR count). The number of nitrogens with one attached hydrogen (secondary N) is 1. The molecule has 1 aromatic heterocycles. The van der Waals surface area contributed by atoms with E-state index >= 15 is 0 Å². The molecule has 1 aliphatic rings. The van der Waals surface area contributed by atoms with Gasteiger partial charge in [-0.2, -0.15) is 0 Å². The number of nitrogens with zero attached hydrogens (tertiary/aromatic N) is 1. The van der Waals surface area contributed by atoms with Gasteiger partial charge in [-0.25, -0.2) is 0 Å². The fraction of sp³-hybridized carbons (Fsp3) is 0.615. The Labute approximate surface area is 111 Å². The minimum atomic E-state index is -0.769. The zero-order valence-corrected chi connectivity index (χ0v) is 11.1. The third-order valence-corrected chi connectivity index (χ3v) is 3.76. The molecule has 1 heterocycles. The van der Waals surface area contributed by atoms with Crippen molar-refractivity contribution >= 4 is 11.9 Å². The highest BCUT2D eigenvalue weighted by Crippen LogP contribution is 2.31. The maximum absolute atomic E-state index is 12.0. The number of amides is 1. The third kappa shape index (κ3) is 2.77. The predicted molar refractivity (Wildman–Crippen MR) is 66.8 cm³/mol. The quantitative estimate of drug-likeness (QED) is 0.862. The molecule has 0 aliphatic heterocycles. The topological polar surface area (TPSA) is 92.4 Å². The van der Waals surface area contributed by atoms with E-state index < -0.39 is 5.97 Å². The van der Waals surface area contributed by atoms with E-state index in [9.17, 15) is 9.59 Å². The molecule has 0 aromatic carbocycles. The van der Waals surface area contributed by atoms with E-state index in [1.54, 1.807) is 13.8 Å². The summed E-state index contributed by atoms with van der Waals surface area (Å²) >= 11 is 0. The van der Waals surface area contributed by atoms with E-state index in [-0.39, 0.29) is 17.7 Å². The highest BCUT2D eigenvalue weighted by molar-refractivity contribution is 5.96. The largest absolute Gasteiger partial charge is 0.481 e. The number of hydrogen-bond acceptors (Lipinski definition) is 4. The molecule has 2 atom stereocenters. The molecule has 1 fully saturated rings. The molecule has 0 bridgehead atoms. The van der Waals surface area contributed by atoms with E-state index in [1.807, 2.05) is 0 Å². The van der Waals surface area contributed by atoms with Crippen LogP contribution in [-0.4, -0.2) is 28.7 Å². The Morgan fingerprint density at radius 1 is 1.42 bits per heavy atom.